The van der Waals surface area contributed by atoms with E-state index < -0.39 is 17.1 Å². The van der Waals surface area contributed by atoms with E-state index in [-0.39, 0.29) is 29.1 Å². The summed E-state index contributed by atoms with van der Waals surface area (Å²) in [5.74, 6) is -1.61. The van der Waals surface area contributed by atoms with Crippen molar-refractivity contribution in [2.45, 2.75) is 29.7 Å². The smallest absolute Gasteiger partial charge is 0.308 e. The van der Waals surface area contributed by atoms with Crippen LogP contribution >= 0.6 is 23.1 Å². The molecule has 0 bridgehead atoms. The third-order valence-corrected chi connectivity index (χ3v) is 9.45. The van der Waals surface area contributed by atoms with E-state index in [4.69, 9.17) is 9.15 Å². The van der Waals surface area contributed by atoms with Gasteiger partial charge in [-0.1, -0.05) is 40.8 Å². The van der Waals surface area contributed by atoms with Crippen molar-refractivity contribution in [1.29, 1.82) is 0 Å². The van der Waals surface area contributed by atoms with Crippen molar-refractivity contribution in [3.05, 3.63) is 68.5 Å². The lowest BCUT2D eigenvalue weighted by molar-refractivity contribution is -0.136. The predicted molar refractivity (Wildman–Crippen MR) is 133 cm³/mol. The number of furan rings is 1. The number of imide groups is 1. The third kappa shape index (κ3) is 3.73. The largest absolute Gasteiger partial charge is 0.469 e. The number of fused-ring (bicyclic) bond motifs is 2. The van der Waals surface area contributed by atoms with Crippen molar-refractivity contribution in [3.63, 3.8) is 0 Å². The summed E-state index contributed by atoms with van der Waals surface area (Å²) in [5.41, 5.74) is 1.54. The molecule has 3 aromatic rings. The van der Waals surface area contributed by atoms with Gasteiger partial charge in [0.25, 0.3) is 0 Å². The fourth-order valence-corrected chi connectivity index (χ4v) is 7.78. The molecule has 2 saturated heterocycles. The van der Waals surface area contributed by atoms with Gasteiger partial charge in [-0.2, -0.15) is 0 Å². The second-order valence-corrected chi connectivity index (χ2v) is 11.1. The SMILES string of the molecule is Cc1ccc(N2C(=O)[C@H]3[C@H](c4ccco4)c4sc(=O)n(CC(=O)N5CCOCC5)c4S[C@H]3C2=O)cc1. The van der Waals surface area contributed by atoms with Crippen molar-refractivity contribution >= 4 is 46.5 Å². The maximum atomic E-state index is 13.7. The highest BCUT2D eigenvalue weighted by atomic mass is 32.2. The van der Waals surface area contributed by atoms with Crippen LogP contribution in [0, 0.1) is 12.8 Å². The Labute approximate surface area is 214 Å². The number of morpholine rings is 1. The first-order valence-electron chi connectivity index (χ1n) is 11.7. The molecule has 0 aliphatic carbocycles. The van der Waals surface area contributed by atoms with Crippen LogP contribution in [0.5, 0.6) is 0 Å². The molecule has 11 heteroatoms. The van der Waals surface area contributed by atoms with Gasteiger partial charge in [0.2, 0.25) is 17.7 Å². The Morgan fingerprint density at radius 3 is 2.50 bits per heavy atom. The molecule has 0 saturated carbocycles. The second-order valence-electron chi connectivity index (χ2n) is 9.02. The minimum Gasteiger partial charge on any atom is -0.469 e. The summed E-state index contributed by atoms with van der Waals surface area (Å²) in [6, 6.07) is 10.7. The van der Waals surface area contributed by atoms with Crippen molar-refractivity contribution in [2.24, 2.45) is 5.92 Å². The maximum Gasteiger partial charge on any atom is 0.308 e. The fraction of sp³-hybridized carbons (Fsp3) is 0.360. The minimum absolute atomic E-state index is 0.121. The molecule has 2 fully saturated rings. The summed E-state index contributed by atoms with van der Waals surface area (Å²) in [4.78, 5) is 56.7. The molecule has 3 aliphatic rings. The van der Waals surface area contributed by atoms with E-state index in [1.807, 2.05) is 19.1 Å². The minimum atomic E-state index is -0.736. The Hall–Kier alpha value is -3.15. The van der Waals surface area contributed by atoms with E-state index in [1.54, 1.807) is 29.2 Å². The Morgan fingerprint density at radius 1 is 1.06 bits per heavy atom. The van der Waals surface area contributed by atoms with Gasteiger partial charge in [0.1, 0.15) is 17.6 Å². The van der Waals surface area contributed by atoms with Crippen LogP contribution in [0.4, 0.5) is 5.69 Å². The number of aryl methyl sites for hydroxylation is 1. The maximum absolute atomic E-state index is 13.7. The molecule has 6 rings (SSSR count). The molecule has 5 heterocycles. The Morgan fingerprint density at radius 2 is 1.81 bits per heavy atom. The number of aromatic nitrogens is 1. The molecule has 3 aliphatic heterocycles. The highest BCUT2D eigenvalue weighted by Gasteiger charge is 2.57. The molecular formula is C25H23N3O6S2. The quantitative estimate of drug-likeness (QED) is 0.482. The molecule has 3 atom stereocenters. The van der Waals surface area contributed by atoms with Crippen LogP contribution in [0.15, 0.2) is 56.9 Å². The van der Waals surface area contributed by atoms with Crippen LogP contribution in [0.2, 0.25) is 0 Å². The number of amides is 3. The first-order valence-corrected chi connectivity index (χ1v) is 13.4. The molecule has 9 nitrogen and oxygen atoms in total. The molecule has 0 radical (unpaired) electrons. The third-order valence-electron chi connectivity index (χ3n) is 6.85. The van der Waals surface area contributed by atoms with Crippen LogP contribution in [0.3, 0.4) is 0 Å². The molecule has 1 aromatic carbocycles. The van der Waals surface area contributed by atoms with Gasteiger partial charge in [0.05, 0.1) is 46.9 Å². The van der Waals surface area contributed by atoms with Gasteiger partial charge in [-0.25, -0.2) is 4.90 Å². The predicted octanol–water partition coefficient (Wildman–Crippen LogP) is 2.47. The standard InChI is InChI=1S/C25H23N3O6S2/c1-14-4-6-15(7-5-14)28-22(30)19-18(16-3-2-10-34-16)21-24(35-20(19)23(28)31)27(25(32)36-21)13-17(29)26-8-11-33-12-9-26/h2-7,10,18-20H,8-9,11-13H2,1H3/t18-,19-,20+/m0/s1. The Bertz CT molecular complexity index is 1390. The highest BCUT2D eigenvalue weighted by Crippen LogP contribution is 2.53. The van der Waals surface area contributed by atoms with Gasteiger partial charge in [-0.15, -0.1) is 0 Å². The topological polar surface area (TPSA) is 102 Å². The summed E-state index contributed by atoms with van der Waals surface area (Å²) >= 11 is 2.21. The summed E-state index contributed by atoms with van der Waals surface area (Å²) in [6.07, 6.45) is 1.52. The van der Waals surface area contributed by atoms with E-state index in [2.05, 4.69) is 0 Å². The molecule has 2 aromatic heterocycles. The molecule has 0 spiro atoms. The number of carbonyl (C=O) groups excluding carboxylic acids is 3. The van der Waals surface area contributed by atoms with E-state index in [1.165, 1.54) is 27.5 Å². The lowest BCUT2D eigenvalue weighted by Gasteiger charge is -2.30. The number of nitrogens with zero attached hydrogens (tertiary/aromatic N) is 3. The number of ether oxygens (including phenoxy) is 1. The average Bonchev–Trinajstić information content (AvgIpc) is 3.58. The van der Waals surface area contributed by atoms with E-state index in [0.717, 1.165) is 16.9 Å². The van der Waals surface area contributed by atoms with Crippen LogP contribution in [-0.2, 0) is 25.7 Å². The normalized spacial score (nSPS) is 23.6. The molecule has 186 valence electrons. The van der Waals surface area contributed by atoms with Crippen LogP contribution in [-0.4, -0.2) is 58.7 Å². The fourth-order valence-electron chi connectivity index (χ4n) is 5.03. The van der Waals surface area contributed by atoms with E-state index >= 15 is 0 Å². The van der Waals surface area contributed by atoms with Gasteiger partial charge >= 0.3 is 4.87 Å². The van der Waals surface area contributed by atoms with Crippen LogP contribution in [0.1, 0.15) is 22.1 Å². The van der Waals surface area contributed by atoms with Gasteiger partial charge < -0.3 is 14.1 Å². The van der Waals surface area contributed by atoms with Crippen LogP contribution < -0.4 is 9.77 Å². The Balaban J connectivity index is 1.41. The molecular weight excluding hydrogens is 502 g/mol. The average molecular weight is 526 g/mol. The molecule has 3 amide bonds. The number of rotatable bonds is 4. The Kier molecular flexibility index (Phi) is 5.85. The van der Waals surface area contributed by atoms with E-state index in [0.29, 0.717) is 47.7 Å². The van der Waals surface area contributed by atoms with Gasteiger partial charge in [-0.05, 0) is 31.2 Å². The molecule has 0 unspecified atom stereocenters. The van der Waals surface area contributed by atoms with Gasteiger partial charge in [0.15, 0.2) is 0 Å². The second kappa shape index (κ2) is 9.06. The number of benzene rings is 1. The van der Waals surface area contributed by atoms with Crippen molar-refractivity contribution in [2.75, 3.05) is 31.2 Å². The summed E-state index contributed by atoms with van der Waals surface area (Å²) in [7, 11) is 0. The zero-order chi connectivity index (χ0) is 25.0. The van der Waals surface area contributed by atoms with Crippen molar-refractivity contribution in [1.82, 2.24) is 9.47 Å². The molecule has 36 heavy (non-hydrogen) atoms. The van der Waals surface area contributed by atoms with Gasteiger partial charge in [0, 0.05) is 13.1 Å². The summed E-state index contributed by atoms with van der Waals surface area (Å²) < 4.78 is 12.5. The number of anilines is 1. The van der Waals surface area contributed by atoms with Crippen molar-refractivity contribution < 1.29 is 23.5 Å². The molecule has 0 N–H and O–H groups in total. The summed E-state index contributed by atoms with van der Waals surface area (Å²) in [5, 5.41) is -0.179. The number of hydrogen-bond acceptors (Lipinski definition) is 8. The number of carbonyl (C=O) groups is 3. The monoisotopic (exact) mass is 525 g/mol. The van der Waals surface area contributed by atoms with Crippen molar-refractivity contribution in [3.8, 4) is 0 Å². The number of thioether (sulfide) groups is 1. The number of thiazole rings is 1. The summed E-state index contributed by atoms with van der Waals surface area (Å²) in [6.45, 7) is 3.70. The van der Waals surface area contributed by atoms with Crippen LogP contribution in [0.25, 0.3) is 0 Å². The highest BCUT2D eigenvalue weighted by molar-refractivity contribution is 8.00. The number of hydrogen-bond donors (Lipinski definition) is 0. The lowest BCUT2D eigenvalue weighted by atomic mass is 9.87. The van der Waals surface area contributed by atoms with Gasteiger partial charge in [-0.3, -0.25) is 23.7 Å². The van der Waals surface area contributed by atoms with E-state index in [9.17, 15) is 19.2 Å². The first kappa shape index (κ1) is 23.3. The first-order chi connectivity index (χ1) is 17.4. The zero-order valence-electron chi connectivity index (χ0n) is 19.4. The lowest BCUT2D eigenvalue weighted by Crippen LogP contribution is -2.43. The zero-order valence-corrected chi connectivity index (χ0v) is 21.0.